The first-order chi connectivity index (χ1) is 8.68. The van der Waals surface area contributed by atoms with Crippen LogP contribution in [0.25, 0.3) is 0 Å². The van der Waals surface area contributed by atoms with E-state index >= 15 is 0 Å². The van der Waals surface area contributed by atoms with Crippen molar-refractivity contribution in [1.29, 1.82) is 0 Å². The summed E-state index contributed by atoms with van der Waals surface area (Å²) in [6.45, 7) is 0.640. The lowest BCUT2D eigenvalue weighted by atomic mass is 10.0. The van der Waals surface area contributed by atoms with Crippen molar-refractivity contribution in [2.75, 3.05) is 17.6 Å². The van der Waals surface area contributed by atoms with E-state index in [2.05, 4.69) is 5.32 Å². The zero-order chi connectivity index (χ0) is 13.0. The van der Waals surface area contributed by atoms with Gasteiger partial charge in [-0.1, -0.05) is 25.7 Å². The van der Waals surface area contributed by atoms with Crippen LogP contribution in [0.2, 0.25) is 0 Å². The van der Waals surface area contributed by atoms with Crippen molar-refractivity contribution >= 4 is 11.4 Å². The third-order valence-corrected chi connectivity index (χ3v) is 3.69. The van der Waals surface area contributed by atoms with E-state index in [1.807, 2.05) is 0 Å². The molecular weight excluding hydrogens is 234 g/mol. The molecule has 0 spiro atoms. The third-order valence-electron chi connectivity index (χ3n) is 3.69. The zero-order valence-corrected chi connectivity index (χ0v) is 10.5. The van der Waals surface area contributed by atoms with Crippen LogP contribution in [0.15, 0.2) is 12.1 Å². The predicted octanol–water partition coefficient (Wildman–Crippen LogP) is 3.93. The average Bonchev–Trinajstić information content (AvgIpc) is 2.86. The Morgan fingerprint density at radius 2 is 1.94 bits per heavy atom. The number of hydrogen-bond donors (Lipinski definition) is 2. The fraction of sp³-hybridized carbons (Fsp3) is 0.571. The molecule has 2 rings (SSSR count). The lowest BCUT2D eigenvalue weighted by Gasteiger charge is -2.12. The number of hydrogen-bond acceptors (Lipinski definition) is 2. The topological polar surface area (TPSA) is 38.0 Å². The molecule has 0 unspecified atom stereocenters. The van der Waals surface area contributed by atoms with Crippen molar-refractivity contribution in [1.82, 2.24) is 0 Å². The molecule has 0 bridgehead atoms. The molecule has 18 heavy (non-hydrogen) atoms. The fourth-order valence-electron chi connectivity index (χ4n) is 2.65. The first-order valence-electron chi connectivity index (χ1n) is 6.66. The summed E-state index contributed by atoms with van der Waals surface area (Å²) in [5.74, 6) is -0.917. The molecule has 2 nitrogen and oxygen atoms in total. The summed E-state index contributed by atoms with van der Waals surface area (Å²) in [4.78, 5) is 0. The number of halogens is 2. The largest absolute Gasteiger partial charge is 0.397 e. The van der Waals surface area contributed by atoms with Gasteiger partial charge in [0.15, 0.2) is 11.6 Å². The molecule has 0 radical (unpaired) electrons. The van der Waals surface area contributed by atoms with Gasteiger partial charge in [-0.2, -0.15) is 0 Å². The molecular formula is C14H20F2N2. The molecule has 0 aliphatic heterocycles. The van der Waals surface area contributed by atoms with Crippen LogP contribution in [0.1, 0.15) is 38.5 Å². The van der Waals surface area contributed by atoms with Gasteiger partial charge in [0.05, 0.1) is 11.4 Å². The molecule has 0 heterocycles. The molecule has 1 aliphatic carbocycles. The van der Waals surface area contributed by atoms with Gasteiger partial charge in [0, 0.05) is 6.54 Å². The van der Waals surface area contributed by atoms with Gasteiger partial charge < -0.3 is 11.1 Å². The first kappa shape index (κ1) is 13.1. The Morgan fingerprint density at radius 1 is 1.22 bits per heavy atom. The van der Waals surface area contributed by atoms with Crippen molar-refractivity contribution in [2.24, 2.45) is 5.92 Å². The molecule has 1 saturated carbocycles. The van der Waals surface area contributed by atoms with Gasteiger partial charge >= 0.3 is 0 Å². The summed E-state index contributed by atoms with van der Waals surface area (Å²) in [7, 11) is 0. The highest BCUT2D eigenvalue weighted by Gasteiger charge is 2.15. The molecule has 4 heteroatoms. The highest BCUT2D eigenvalue weighted by molar-refractivity contribution is 5.66. The maximum atomic E-state index is 13.5. The molecule has 100 valence electrons. The Balaban J connectivity index is 1.80. The predicted molar refractivity (Wildman–Crippen MR) is 70.5 cm³/mol. The van der Waals surface area contributed by atoms with E-state index in [1.54, 1.807) is 0 Å². The van der Waals surface area contributed by atoms with Gasteiger partial charge in [-0.05, 0) is 30.9 Å². The molecule has 0 saturated heterocycles. The third kappa shape index (κ3) is 3.12. The molecule has 0 aromatic heterocycles. The summed E-state index contributed by atoms with van der Waals surface area (Å²) in [6.07, 6.45) is 7.43. The minimum Gasteiger partial charge on any atom is -0.397 e. The molecule has 1 aromatic carbocycles. The van der Waals surface area contributed by atoms with Crippen LogP contribution in [-0.2, 0) is 0 Å². The molecule has 0 atom stereocenters. The number of benzene rings is 1. The Bertz CT molecular complexity index is 401. The van der Waals surface area contributed by atoms with Crippen LogP contribution in [0.5, 0.6) is 0 Å². The van der Waals surface area contributed by atoms with E-state index in [9.17, 15) is 8.78 Å². The summed E-state index contributed by atoms with van der Waals surface area (Å²) >= 11 is 0. The van der Waals surface area contributed by atoms with Crippen LogP contribution in [0, 0.1) is 17.6 Å². The lowest BCUT2D eigenvalue weighted by molar-refractivity contribution is 0.489. The molecule has 3 N–H and O–H groups in total. The minimum absolute atomic E-state index is 0.0985. The van der Waals surface area contributed by atoms with Crippen molar-refractivity contribution in [3.8, 4) is 0 Å². The average molecular weight is 254 g/mol. The molecule has 1 aliphatic rings. The van der Waals surface area contributed by atoms with Crippen LogP contribution in [-0.4, -0.2) is 6.54 Å². The number of nitrogens with two attached hydrogens (primary N) is 1. The highest BCUT2D eigenvalue weighted by atomic mass is 19.2. The van der Waals surface area contributed by atoms with Gasteiger partial charge in [-0.25, -0.2) is 8.78 Å². The molecule has 1 aromatic rings. The minimum atomic E-state index is -0.879. The summed E-state index contributed by atoms with van der Waals surface area (Å²) < 4.78 is 26.5. The van der Waals surface area contributed by atoms with Crippen LogP contribution in [0.3, 0.4) is 0 Å². The van der Waals surface area contributed by atoms with Crippen LogP contribution >= 0.6 is 0 Å². The van der Waals surface area contributed by atoms with E-state index in [1.165, 1.54) is 31.7 Å². The van der Waals surface area contributed by atoms with E-state index in [-0.39, 0.29) is 11.4 Å². The maximum Gasteiger partial charge on any atom is 0.183 e. The fourth-order valence-corrected chi connectivity index (χ4v) is 2.65. The van der Waals surface area contributed by atoms with E-state index in [0.29, 0.717) is 6.54 Å². The Labute approximate surface area is 107 Å². The van der Waals surface area contributed by atoms with Crippen LogP contribution < -0.4 is 11.1 Å². The van der Waals surface area contributed by atoms with Gasteiger partial charge in [0.2, 0.25) is 0 Å². The maximum absolute atomic E-state index is 13.5. The van der Waals surface area contributed by atoms with E-state index in [4.69, 9.17) is 5.73 Å². The standard InChI is InChI=1S/C14H20F2N2/c15-11-7-8-12(17)14(13(11)16)18-9-3-6-10-4-1-2-5-10/h7-8,10,18H,1-6,9,17H2. The van der Waals surface area contributed by atoms with Crippen LogP contribution in [0.4, 0.5) is 20.2 Å². The van der Waals surface area contributed by atoms with E-state index < -0.39 is 11.6 Å². The van der Waals surface area contributed by atoms with Crippen molar-refractivity contribution in [3.63, 3.8) is 0 Å². The van der Waals surface area contributed by atoms with Gasteiger partial charge in [-0.15, -0.1) is 0 Å². The normalized spacial score (nSPS) is 16.1. The van der Waals surface area contributed by atoms with Gasteiger partial charge in [0.1, 0.15) is 0 Å². The second-order valence-electron chi connectivity index (χ2n) is 5.05. The van der Waals surface area contributed by atoms with Gasteiger partial charge in [-0.3, -0.25) is 0 Å². The number of nitrogen functional groups attached to an aromatic ring is 1. The zero-order valence-electron chi connectivity index (χ0n) is 10.5. The monoisotopic (exact) mass is 254 g/mol. The Kier molecular flexibility index (Phi) is 4.39. The van der Waals surface area contributed by atoms with Crippen molar-refractivity contribution in [3.05, 3.63) is 23.8 Å². The van der Waals surface area contributed by atoms with Crippen molar-refractivity contribution in [2.45, 2.75) is 38.5 Å². The van der Waals surface area contributed by atoms with E-state index in [0.717, 1.165) is 24.8 Å². The second-order valence-corrected chi connectivity index (χ2v) is 5.05. The smallest absolute Gasteiger partial charge is 0.183 e. The number of rotatable bonds is 5. The number of anilines is 2. The van der Waals surface area contributed by atoms with Crippen molar-refractivity contribution < 1.29 is 8.78 Å². The molecule has 0 amide bonds. The first-order valence-corrected chi connectivity index (χ1v) is 6.66. The highest BCUT2D eigenvalue weighted by Crippen LogP contribution is 2.29. The van der Waals surface area contributed by atoms with Gasteiger partial charge in [0.25, 0.3) is 0 Å². The number of nitrogens with one attached hydrogen (secondary N) is 1. The Morgan fingerprint density at radius 3 is 2.67 bits per heavy atom. The lowest BCUT2D eigenvalue weighted by Crippen LogP contribution is -2.08. The molecule has 1 fully saturated rings. The summed E-state index contributed by atoms with van der Waals surface area (Å²) in [5.41, 5.74) is 5.98. The second kappa shape index (κ2) is 6.03. The quantitative estimate of drug-likeness (QED) is 0.617. The summed E-state index contributed by atoms with van der Waals surface area (Å²) in [6, 6.07) is 2.44. The Hall–Kier alpha value is -1.32. The SMILES string of the molecule is Nc1ccc(F)c(F)c1NCCCC1CCCC1. The summed E-state index contributed by atoms with van der Waals surface area (Å²) in [5, 5.41) is 2.91.